The molecule has 0 aliphatic carbocycles. The highest BCUT2D eigenvalue weighted by Gasteiger charge is 2.09. The van der Waals surface area contributed by atoms with Gasteiger partial charge in [0, 0.05) is 8.80 Å². The molecule has 0 heterocycles. The topological polar surface area (TPSA) is 0 Å². The van der Waals surface area contributed by atoms with Gasteiger partial charge in [-0.1, -0.05) is 50.3 Å². The average molecular weight is 164 g/mol. The lowest BCUT2D eigenvalue weighted by Gasteiger charge is -2.13. The Kier molecular flexibility index (Phi) is 2.89. The van der Waals surface area contributed by atoms with Crippen molar-refractivity contribution in [2.75, 3.05) is 0 Å². The standard InChI is InChI=1S/C10H16Si/c1-9(11(2)3)10-7-5-4-6-8-10/h4-9,11H,1-3H3. The zero-order chi connectivity index (χ0) is 8.27. The molecule has 0 aromatic heterocycles. The van der Waals surface area contributed by atoms with Gasteiger partial charge in [-0.3, -0.25) is 0 Å². The second-order valence-corrected chi connectivity index (χ2v) is 6.93. The van der Waals surface area contributed by atoms with Gasteiger partial charge in [0.05, 0.1) is 0 Å². The molecule has 1 heteroatoms. The number of benzene rings is 1. The van der Waals surface area contributed by atoms with Crippen LogP contribution >= 0.6 is 0 Å². The second kappa shape index (κ2) is 3.72. The van der Waals surface area contributed by atoms with E-state index in [4.69, 9.17) is 0 Å². The second-order valence-electron chi connectivity index (χ2n) is 3.44. The first-order chi connectivity index (χ1) is 5.22. The van der Waals surface area contributed by atoms with E-state index in [-0.39, 0.29) is 0 Å². The fourth-order valence-electron chi connectivity index (χ4n) is 1.14. The fraction of sp³-hybridized carbons (Fsp3) is 0.400. The van der Waals surface area contributed by atoms with E-state index in [0.717, 1.165) is 5.54 Å². The molecule has 0 saturated heterocycles. The maximum absolute atomic E-state index is 2.40. The van der Waals surface area contributed by atoms with Crippen molar-refractivity contribution in [3.63, 3.8) is 0 Å². The molecule has 11 heavy (non-hydrogen) atoms. The largest absolute Gasteiger partial charge is 0.0717 e. The summed E-state index contributed by atoms with van der Waals surface area (Å²) in [6, 6.07) is 10.8. The molecule has 0 spiro atoms. The van der Waals surface area contributed by atoms with Crippen LogP contribution in [0.5, 0.6) is 0 Å². The Morgan fingerprint density at radius 3 is 2.09 bits per heavy atom. The van der Waals surface area contributed by atoms with Gasteiger partial charge in [-0.25, -0.2) is 0 Å². The lowest BCUT2D eigenvalue weighted by molar-refractivity contribution is 1.05. The Morgan fingerprint density at radius 1 is 1.09 bits per heavy atom. The molecule has 0 saturated carbocycles. The summed E-state index contributed by atoms with van der Waals surface area (Å²) in [6.45, 7) is 7.14. The summed E-state index contributed by atoms with van der Waals surface area (Å²) in [5.41, 5.74) is 2.32. The van der Waals surface area contributed by atoms with E-state index in [9.17, 15) is 0 Å². The van der Waals surface area contributed by atoms with E-state index in [2.05, 4.69) is 50.3 Å². The van der Waals surface area contributed by atoms with Crippen LogP contribution in [0, 0.1) is 0 Å². The van der Waals surface area contributed by atoms with Crippen LogP contribution in [0.2, 0.25) is 13.1 Å². The van der Waals surface area contributed by atoms with E-state index in [1.54, 1.807) is 0 Å². The van der Waals surface area contributed by atoms with Crippen molar-refractivity contribution in [1.29, 1.82) is 0 Å². The molecule has 0 radical (unpaired) electrons. The van der Waals surface area contributed by atoms with Crippen LogP contribution in [0.25, 0.3) is 0 Å². The van der Waals surface area contributed by atoms with Crippen molar-refractivity contribution in [3.8, 4) is 0 Å². The van der Waals surface area contributed by atoms with Crippen LogP contribution in [0.15, 0.2) is 30.3 Å². The fourth-order valence-corrected chi connectivity index (χ4v) is 2.13. The lowest BCUT2D eigenvalue weighted by Crippen LogP contribution is -2.11. The summed E-state index contributed by atoms with van der Waals surface area (Å²) in [4.78, 5) is 0. The first kappa shape index (κ1) is 8.53. The van der Waals surface area contributed by atoms with Crippen LogP contribution in [0.4, 0.5) is 0 Å². The molecule has 1 aromatic rings. The van der Waals surface area contributed by atoms with Crippen molar-refractivity contribution in [3.05, 3.63) is 35.9 Å². The van der Waals surface area contributed by atoms with E-state index >= 15 is 0 Å². The average Bonchev–Trinajstić information content (AvgIpc) is 2.05. The molecule has 0 aliphatic rings. The van der Waals surface area contributed by atoms with Gasteiger partial charge < -0.3 is 0 Å². The number of rotatable bonds is 2. The van der Waals surface area contributed by atoms with Gasteiger partial charge >= 0.3 is 0 Å². The van der Waals surface area contributed by atoms with Crippen molar-refractivity contribution in [1.82, 2.24) is 0 Å². The molecule has 1 atom stereocenters. The third-order valence-corrected chi connectivity index (χ3v) is 4.71. The molecule has 0 N–H and O–H groups in total. The molecule has 60 valence electrons. The van der Waals surface area contributed by atoms with Crippen molar-refractivity contribution < 1.29 is 0 Å². The van der Waals surface area contributed by atoms with Gasteiger partial charge in [-0.2, -0.15) is 0 Å². The minimum atomic E-state index is -0.491. The highest BCUT2D eigenvalue weighted by atomic mass is 28.3. The first-order valence-electron chi connectivity index (χ1n) is 4.26. The van der Waals surface area contributed by atoms with Crippen molar-refractivity contribution in [2.45, 2.75) is 25.6 Å². The van der Waals surface area contributed by atoms with Gasteiger partial charge in [0.2, 0.25) is 0 Å². The van der Waals surface area contributed by atoms with Crippen molar-refractivity contribution in [2.24, 2.45) is 0 Å². The van der Waals surface area contributed by atoms with Gasteiger partial charge in [0.25, 0.3) is 0 Å². The quantitative estimate of drug-likeness (QED) is 0.590. The smallest absolute Gasteiger partial charge is 0.0384 e. The number of hydrogen-bond donors (Lipinski definition) is 0. The van der Waals surface area contributed by atoms with Crippen LogP contribution in [-0.4, -0.2) is 8.80 Å². The lowest BCUT2D eigenvalue weighted by atomic mass is 10.2. The van der Waals surface area contributed by atoms with E-state index in [1.165, 1.54) is 5.56 Å². The minimum absolute atomic E-state index is 0.491. The van der Waals surface area contributed by atoms with E-state index in [0.29, 0.717) is 0 Å². The monoisotopic (exact) mass is 164 g/mol. The highest BCUT2D eigenvalue weighted by Crippen LogP contribution is 2.16. The molecule has 1 aromatic carbocycles. The Hall–Kier alpha value is -0.563. The zero-order valence-electron chi connectivity index (χ0n) is 7.54. The van der Waals surface area contributed by atoms with Crippen molar-refractivity contribution >= 4 is 8.80 Å². The molecule has 0 fully saturated rings. The van der Waals surface area contributed by atoms with E-state index in [1.807, 2.05) is 0 Å². The molecule has 1 unspecified atom stereocenters. The van der Waals surface area contributed by atoms with Gasteiger partial charge in [0.15, 0.2) is 0 Å². The Morgan fingerprint density at radius 2 is 1.64 bits per heavy atom. The third kappa shape index (κ3) is 2.19. The predicted octanol–water partition coefficient (Wildman–Crippen LogP) is 2.82. The molecule has 0 bridgehead atoms. The molecule has 0 amide bonds. The predicted molar refractivity (Wildman–Crippen MR) is 53.7 cm³/mol. The Labute approximate surface area is 70.9 Å². The van der Waals surface area contributed by atoms with Crippen LogP contribution < -0.4 is 0 Å². The summed E-state index contributed by atoms with van der Waals surface area (Å²) in [5.74, 6) is 0. The van der Waals surface area contributed by atoms with Gasteiger partial charge in [-0.05, 0) is 11.1 Å². The molecule has 1 rings (SSSR count). The zero-order valence-corrected chi connectivity index (χ0v) is 8.70. The number of hydrogen-bond acceptors (Lipinski definition) is 0. The normalized spacial score (nSPS) is 13.5. The summed E-state index contributed by atoms with van der Waals surface area (Å²) >= 11 is 0. The Balaban J connectivity index is 2.77. The Bertz CT molecular complexity index is 203. The van der Waals surface area contributed by atoms with Crippen LogP contribution in [0.3, 0.4) is 0 Å². The molecule has 0 aliphatic heterocycles. The summed E-state index contributed by atoms with van der Waals surface area (Å²) in [5, 5.41) is 0. The summed E-state index contributed by atoms with van der Waals surface area (Å²) < 4.78 is 0. The highest BCUT2D eigenvalue weighted by molar-refractivity contribution is 6.57. The summed E-state index contributed by atoms with van der Waals surface area (Å²) in [7, 11) is -0.491. The molecular formula is C10H16Si. The van der Waals surface area contributed by atoms with Crippen LogP contribution in [-0.2, 0) is 0 Å². The summed E-state index contributed by atoms with van der Waals surface area (Å²) in [6.07, 6.45) is 0. The first-order valence-corrected chi connectivity index (χ1v) is 7.24. The molecular weight excluding hydrogens is 148 g/mol. The SMILES string of the molecule is CC(c1ccccc1)[SiH](C)C. The maximum Gasteiger partial charge on any atom is 0.0384 e. The maximum atomic E-state index is 2.40. The van der Waals surface area contributed by atoms with Crippen LogP contribution in [0.1, 0.15) is 18.0 Å². The van der Waals surface area contributed by atoms with Gasteiger partial charge in [0.1, 0.15) is 0 Å². The third-order valence-electron chi connectivity index (χ3n) is 2.33. The molecule has 0 nitrogen and oxygen atoms in total. The van der Waals surface area contributed by atoms with Gasteiger partial charge in [-0.15, -0.1) is 0 Å². The van der Waals surface area contributed by atoms with E-state index < -0.39 is 8.80 Å². The minimum Gasteiger partial charge on any atom is -0.0717 e.